The van der Waals surface area contributed by atoms with Crippen LogP contribution in [0.15, 0.2) is 36.7 Å². The van der Waals surface area contributed by atoms with E-state index in [9.17, 15) is 4.39 Å². The van der Waals surface area contributed by atoms with E-state index in [4.69, 9.17) is 0 Å². The first-order chi connectivity index (χ1) is 14.5. The van der Waals surface area contributed by atoms with Crippen molar-refractivity contribution < 1.29 is 4.39 Å². The van der Waals surface area contributed by atoms with Gasteiger partial charge in [-0.1, -0.05) is 0 Å². The molecule has 1 N–H and O–H groups in total. The van der Waals surface area contributed by atoms with Crippen molar-refractivity contribution in [1.82, 2.24) is 24.9 Å². The Labute approximate surface area is 174 Å². The van der Waals surface area contributed by atoms with Crippen molar-refractivity contribution in [2.24, 2.45) is 7.05 Å². The fourth-order valence-corrected chi connectivity index (χ4v) is 4.65. The third-order valence-corrected chi connectivity index (χ3v) is 6.31. The summed E-state index contributed by atoms with van der Waals surface area (Å²) in [4.78, 5) is 2.28. The van der Waals surface area contributed by atoms with Gasteiger partial charge in [-0.25, -0.2) is 9.07 Å². The SMILES string of the molecule is Cc1cc(-n2cc3cc(N4CCC(NC5CC5)C4)cc(F)c3n2)cc2cn(C)nc12. The molecule has 1 saturated heterocycles. The molecule has 1 aliphatic heterocycles. The molecule has 30 heavy (non-hydrogen) atoms. The van der Waals surface area contributed by atoms with Crippen LogP contribution in [-0.2, 0) is 7.05 Å². The summed E-state index contributed by atoms with van der Waals surface area (Å²) >= 11 is 0. The van der Waals surface area contributed by atoms with Crippen LogP contribution >= 0.6 is 0 Å². The minimum absolute atomic E-state index is 0.265. The average molecular weight is 404 g/mol. The van der Waals surface area contributed by atoms with Gasteiger partial charge in [0.2, 0.25) is 0 Å². The van der Waals surface area contributed by atoms with E-state index in [-0.39, 0.29) is 5.82 Å². The zero-order valence-corrected chi connectivity index (χ0v) is 17.3. The van der Waals surface area contributed by atoms with E-state index >= 15 is 0 Å². The molecule has 154 valence electrons. The highest BCUT2D eigenvalue weighted by Crippen LogP contribution is 2.30. The molecule has 2 aromatic heterocycles. The second-order valence-electron chi connectivity index (χ2n) is 8.81. The topological polar surface area (TPSA) is 50.9 Å². The maximum absolute atomic E-state index is 15.0. The van der Waals surface area contributed by atoms with Crippen LogP contribution in [0.5, 0.6) is 0 Å². The molecule has 0 radical (unpaired) electrons. The molecule has 1 saturated carbocycles. The fourth-order valence-electron chi connectivity index (χ4n) is 4.65. The van der Waals surface area contributed by atoms with Gasteiger partial charge in [-0.3, -0.25) is 4.68 Å². The van der Waals surface area contributed by atoms with Crippen LogP contribution in [-0.4, -0.2) is 44.7 Å². The summed E-state index contributed by atoms with van der Waals surface area (Å²) in [6.07, 6.45) is 7.61. The number of aryl methyl sites for hydroxylation is 2. The molecule has 0 bridgehead atoms. The molecule has 1 atom stereocenters. The summed E-state index contributed by atoms with van der Waals surface area (Å²) in [6.45, 7) is 3.94. The predicted molar refractivity (Wildman–Crippen MR) is 117 cm³/mol. The standard InChI is InChI=1S/C23H25FN6/c1-14-7-20(9-15-11-28(2)26-22(14)15)30-12-16-8-19(10-21(24)23(16)27-30)29-6-5-18(13-29)25-17-3-4-17/h7-12,17-18,25H,3-6,13H2,1-2H3. The Morgan fingerprint density at radius 1 is 0.933 bits per heavy atom. The Bertz CT molecular complexity index is 1270. The third kappa shape index (κ3) is 3.04. The number of fused-ring (bicyclic) bond motifs is 2. The van der Waals surface area contributed by atoms with Gasteiger partial charge in [-0.2, -0.15) is 10.2 Å². The summed E-state index contributed by atoms with van der Waals surface area (Å²) in [5.74, 6) is -0.265. The van der Waals surface area contributed by atoms with E-state index in [1.54, 1.807) is 10.7 Å². The Morgan fingerprint density at radius 2 is 1.73 bits per heavy atom. The molecule has 7 heteroatoms. The molecule has 6 rings (SSSR count). The number of benzene rings is 2. The second-order valence-corrected chi connectivity index (χ2v) is 8.81. The van der Waals surface area contributed by atoms with Crippen molar-refractivity contribution in [3.05, 3.63) is 48.0 Å². The number of hydrogen-bond acceptors (Lipinski definition) is 4. The summed E-state index contributed by atoms with van der Waals surface area (Å²) < 4.78 is 18.5. The maximum atomic E-state index is 15.0. The molecule has 1 unspecified atom stereocenters. The first kappa shape index (κ1) is 17.9. The first-order valence-electron chi connectivity index (χ1n) is 10.7. The zero-order chi connectivity index (χ0) is 20.4. The van der Waals surface area contributed by atoms with Gasteiger partial charge in [0.15, 0.2) is 5.82 Å². The number of nitrogens with zero attached hydrogens (tertiary/aromatic N) is 5. The van der Waals surface area contributed by atoms with Crippen molar-refractivity contribution in [2.45, 2.75) is 38.3 Å². The quantitative estimate of drug-likeness (QED) is 0.564. The number of halogens is 1. The number of aromatic nitrogens is 4. The lowest BCUT2D eigenvalue weighted by Gasteiger charge is -2.19. The summed E-state index contributed by atoms with van der Waals surface area (Å²) in [6, 6.07) is 9.01. The smallest absolute Gasteiger partial charge is 0.153 e. The largest absolute Gasteiger partial charge is 0.370 e. The monoisotopic (exact) mass is 404 g/mol. The Morgan fingerprint density at radius 3 is 2.57 bits per heavy atom. The molecule has 2 fully saturated rings. The fraction of sp³-hybridized carbons (Fsp3) is 0.391. The van der Waals surface area contributed by atoms with Crippen LogP contribution in [0.2, 0.25) is 0 Å². The van der Waals surface area contributed by atoms with Crippen molar-refractivity contribution in [3.8, 4) is 5.69 Å². The van der Waals surface area contributed by atoms with Gasteiger partial charge < -0.3 is 10.2 Å². The third-order valence-electron chi connectivity index (χ3n) is 6.31. The summed E-state index contributed by atoms with van der Waals surface area (Å²) in [5, 5.41) is 14.6. The van der Waals surface area contributed by atoms with Crippen molar-refractivity contribution in [3.63, 3.8) is 0 Å². The number of anilines is 1. The van der Waals surface area contributed by atoms with E-state index in [1.165, 1.54) is 12.8 Å². The first-order valence-corrected chi connectivity index (χ1v) is 10.7. The van der Waals surface area contributed by atoms with Crippen LogP contribution in [0.25, 0.3) is 27.5 Å². The van der Waals surface area contributed by atoms with E-state index in [2.05, 4.69) is 38.6 Å². The molecule has 4 aromatic rings. The van der Waals surface area contributed by atoms with Gasteiger partial charge in [-0.05, 0) is 56.0 Å². The number of rotatable bonds is 4. The van der Waals surface area contributed by atoms with E-state index in [1.807, 2.05) is 31.0 Å². The average Bonchev–Trinajstić information content (AvgIpc) is 3.10. The van der Waals surface area contributed by atoms with Gasteiger partial charge in [-0.15, -0.1) is 0 Å². The lowest BCUT2D eigenvalue weighted by atomic mass is 10.1. The highest BCUT2D eigenvalue weighted by molar-refractivity contribution is 5.86. The minimum atomic E-state index is -0.265. The normalized spacial score (nSPS) is 19.4. The van der Waals surface area contributed by atoms with Gasteiger partial charge in [0.05, 0.1) is 11.2 Å². The Hall–Kier alpha value is -2.93. The van der Waals surface area contributed by atoms with E-state index in [0.717, 1.165) is 52.7 Å². The van der Waals surface area contributed by atoms with Gasteiger partial charge >= 0.3 is 0 Å². The zero-order valence-electron chi connectivity index (χ0n) is 17.3. The van der Waals surface area contributed by atoms with Crippen molar-refractivity contribution in [1.29, 1.82) is 0 Å². The van der Waals surface area contributed by atoms with Crippen LogP contribution < -0.4 is 10.2 Å². The van der Waals surface area contributed by atoms with Gasteiger partial charge in [0, 0.05) is 61.1 Å². The Balaban J connectivity index is 1.35. The lowest BCUT2D eigenvalue weighted by molar-refractivity contribution is 0.548. The molecule has 2 aliphatic rings. The van der Waals surface area contributed by atoms with Crippen molar-refractivity contribution >= 4 is 27.5 Å². The molecule has 6 nitrogen and oxygen atoms in total. The minimum Gasteiger partial charge on any atom is -0.370 e. The summed E-state index contributed by atoms with van der Waals surface area (Å²) in [5.41, 5.74) is 4.33. The van der Waals surface area contributed by atoms with Crippen LogP contribution in [0.3, 0.4) is 0 Å². The number of hydrogen-bond donors (Lipinski definition) is 1. The highest BCUT2D eigenvalue weighted by atomic mass is 19.1. The highest BCUT2D eigenvalue weighted by Gasteiger charge is 2.29. The molecule has 2 aromatic carbocycles. The Kier molecular flexibility index (Phi) is 3.90. The molecule has 3 heterocycles. The van der Waals surface area contributed by atoms with Gasteiger partial charge in [0.25, 0.3) is 0 Å². The lowest BCUT2D eigenvalue weighted by Crippen LogP contribution is -2.33. The van der Waals surface area contributed by atoms with Crippen LogP contribution in [0.4, 0.5) is 10.1 Å². The van der Waals surface area contributed by atoms with E-state index in [0.29, 0.717) is 17.6 Å². The summed E-state index contributed by atoms with van der Waals surface area (Å²) in [7, 11) is 1.92. The molecule has 1 aliphatic carbocycles. The van der Waals surface area contributed by atoms with Crippen molar-refractivity contribution in [2.75, 3.05) is 18.0 Å². The second kappa shape index (κ2) is 6.54. The molecular weight excluding hydrogens is 379 g/mol. The van der Waals surface area contributed by atoms with Crippen LogP contribution in [0, 0.1) is 12.7 Å². The van der Waals surface area contributed by atoms with Gasteiger partial charge in [0.1, 0.15) is 5.52 Å². The molecule has 0 spiro atoms. The predicted octanol–water partition coefficient (Wildman–Crippen LogP) is 3.69. The van der Waals surface area contributed by atoms with E-state index < -0.39 is 0 Å². The maximum Gasteiger partial charge on any atom is 0.153 e. The number of nitrogens with one attached hydrogen (secondary N) is 1. The molecule has 0 amide bonds. The van der Waals surface area contributed by atoms with Crippen LogP contribution in [0.1, 0.15) is 24.8 Å². The molecular formula is C23H25FN6.